The molecule has 4 nitrogen and oxygen atoms in total. The Morgan fingerprint density at radius 2 is 0.448 bits per heavy atom. The van der Waals surface area contributed by atoms with Gasteiger partial charge in [-0.2, -0.15) is 0 Å². The van der Waals surface area contributed by atoms with E-state index < -0.39 is 0 Å². The van der Waals surface area contributed by atoms with Gasteiger partial charge in [-0.05, 0) is 84.9 Å². The first kappa shape index (κ1) is 31.4. The molecule has 0 aliphatic rings. The molecule has 0 fully saturated rings. The third-order valence-corrected chi connectivity index (χ3v) is 12.3. The summed E-state index contributed by atoms with van der Waals surface area (Å²) in [6, 6.07) is 75.5. The van der Waals surface area contributed by atoms with Crippen LogP contribution in [0.4, 0.5) is 0 Å². The SMILES string of the molecule is c1ccc(-n2c3ccccc3c3ccc(-n4c5ccccc5c5cc6c(cc54)c4ccccc4n6-c4ccc5c6ccccc6n(-c6ccccc6)c5c4)cc32)cc1. The summed E-state index contributed by atoms with van der Waals surface area (Å²) in [5.74, 6) is 0. The van der Waals surface area contributed by atoms with E-state index in [-0.39, 0.29) is 0 Å². The average molecular weight is 739 g/mol. The van der Waals surface area contributed by atoms with Gasteiger partial charge in [-0.3, -0.25) is 0 Å². The lowest BCUT2D eigenvalue weighted by Crippen LogP contribution is -1.97. The summed E-state index contributed by atoms with van der Waals surface area (Å²) >= 11 is 0. The molecule has 0 atom stereocenters. The third-order valence-electron chi connectivity index (χ3n) is 12.3. The van der Waals surface area contributed by atoms with E-state index in [1.807, 2.05) is 0 Å². The lowest BCUT2D eigenvalue weighted by molar-refractivity contribution is 1.15. The fourth-order valence-corrected chi connectivity index (χ4v) is 9.89. The maximum atomic E-state index is 2.47. The topological polar surface area (TPSA) is 19.7 Å². The normalized spacial score (nSPS) is 12.1. The first-order valence-corrected chi connectivity index (χ1v) is 19.9. The zero-order chi connectivity index (χ0) is 37.9. The van der Waals surface area contributed by atoms with Gasteiger partial charge < -0.3 is 18.3 Å². The maximum Gasteiger partial charge on any atom is 0.0561 e. The Kier molecular flexibility index (Phi) is 6.41. The van der Waals surface area contributed by atoms with Gasteiger partial charge in [0.05, 0.1) is 44.1 Å². The Bertz CT molecular complexity index is 3530. The fraction of sp³-hybridized carbons (Fsp3) is 0. The molecule has 13 aromatic rings. The Morgan fingerprint density at radius 1 is 0.172 bits per heavy atom. The minimum atomic E-state index is 1.14. The summed E-state index contributed by atoms with van der Waals surface area (Å²) in [5.41, 5.74) is 14.2. The molecule has 58 heavy (non-hydrogen) atoms. The zero-order valence-corrected chi connectivity index (χ0v) is 31.4. The first-order valence-electron chi connectivity index (χ1n) is 19.9. The van der Waals surface area contributed by atoms with Gasteiger partial charge in [-0.25, -0.2) is 0 Å². The molecule has 0 aliphatic heterocycles. The van der Waals surface area contributed by atoms with E-state index in [4.69, 9.17) is 0 Å². The van der Waals surface area contributed by atoms with Crippen LogP contribution in [0.2, 0.25) is 0 Å². The molecular weight excluding hydrogens is 705 g/mol. The molecule has 0 amide bonds. The number of nitrogens with zero attached hydrogens (tertiary/aromatic N) is 4. The van der Waals surface area contributed by atoms with Crippen LogP contribution in [0.3, 0.4) is 0 Å². The van der Waals surface area contributed by atoms with Crippen molar-refractivity contribution in [3.8, 4) is 22.7 Å². The van der Waals surface area contributed by atoms with Crippen molar-refractivity contribution in [1.82, 2.24) is 18.3 Å². The van der Waals surface area contributed by atoms with E-state index in [0.717, 1.165) is 22.7 Å². The van der Waals surface area contributed by atoms with Gasteiger partial charge in [-0.15, -0.1) is 0 Å². The molecule has 0 saturated heterocycles. The first-order chi connectivity index (χ1) is 28.8. The van der Waals surface area contributed by atoms with Crippen molar-refractivity contribution in [3.63, 3.8) is 0 Å². The van der Waals surface area contributed by atoms with Crippen molar-refractivity contribution in [1.29, 1.82) is 0 Å². The number of fused-ring (bicyclic) bond motifs is 12. The number of rotatable bonds is 4. The molecule has 9 aromatic carbocycles. The Labute approximate surface area is 333 Å². The van der Waals surface area contributed by atoms with Crippen molar-refractivity contribution < 1.29 is 0 Å². The van der Waals surface area contributed by atoms with E-state index in [1.165, 1.54) is 87.2 Å². The van der Waals surface area contributed by atoms with Gasteiger partial charge in [0, 0.05) is 65.8 Å². The van der Waals surface area contributed by atoms with E-state index in [9.17, 15) is 0 Å². The molecular formula is C54H34N4. The second-order valence-corrected chi connectivity index (χ2v) is 15.4. The number of benzene rings is 9. The van der Waals surface area contributed by atoms with Crippen LogP contribution in [0, 0.1) is 0 Å². The monoisotopic (exact) mass is 738 g/mol. The van der Waals surface area contributed by atoms with Gasteiger partial charge in [0.2, 0.25) is 0 Å². The quantitative estimate of drug-likeness (QED) is 0.171. The molecule has 4 aromatic heterocycles. The van der Waals surface area contributed by atoms with Crippen LogP contribution < -0.4 is 0 Å². The lowest BCUT2D eigenvalue weighted by Gasteiger charge is -2.12. The van der Waals surface area contributed by atoms with Gasteiger partial charge in [0.1, 0.15) is 0 Å². The smallest absolute Gasteiger partial charge is 0.0561 e. The highest BCUT2D eigenvalue weighted by Gasteiger charge is 2.21. The lowest BCUT2D eigenvalue weighted by atomic mass is 10.1. The van der Waals surface area contributed by atoms with Gasteiger partial charge in [0.15, 0.2) is 0 Å². The second-order valence-electron chi connectivity index (χ2n) is 15.4. The molecule has 4 heteroatoms. The Hall–Kier alpha value is -7.82. The van der Waals surface area contributed by atoms with Crippen LogP contribution in [-0.4, -0.2) is 18.3 Å². The van der Waals surface area contributed by atoms with Gasteiger partial charge >= 0.3 is 0 Å². The molecule has 0 spiro atoms. The van der Waals surface area contributed by atoms with Gasteiger partial charge in [0.25, 0.3) is 0 Å². The highest BCUT2D eigenvalue weighted by Crippen LogP contribution is 2.42. The minimum absolute atomic E-state index is 1.14. The molecule has 13 rings (SSSR count). The number of hydrogen-bond donors (Lipinski definition) is 0. The number of aromatic nitrogens is 4. The van der Waals surface area contributed by atoms with Crippen molar-refractivity contribution in [2.45, 2.75) is 0 Å². The van der Waals surface area contributed by atoms with Crippen LogP contribution >= 0.6 is 0 Å². The van der Waals surface area contributed by atoms with Crippen molar-refractivity contribution >= 4 is 87.2 Å². The zero-order valence-electron chi connectivity index (χ0n) is 31.4. The molecule has 0 saturated carbocycles. The molecule has 0 N–H and O–H groups in total. The molecule has 0 bridgehead atoms. The standard InChI is InChI=1S/C54H34N4/c1-3-15-35(16-4-1)55-47-23-11-7-19-39(47)43-29-27-37(31-51(43)55)57-49-25-13-9-21-41(49)45-34-54-46(33-53(45)57)42-22-10-14-26-50(42)58(54)38-28-30-44-40-20-8-12-24-48(40)56(52(44)32-38)36-17-5-2-6-18-36/h1-34H. The summed E-state index contributed by atoms with van der Waals surface area (Å²) in [7, 11) is 0. The molecule has 270 valence electrons. The summed E-state index contributed by atoms with van der Waals surface area (Å²) in [6.45, 7) is 0. The number of hydrogen-bond acceptors (Lipinski definition) is 0. The minimum Gasteiger partial charge on any atom is -0.309 e. The fourth-order valence-electron chi connectivity index (χ4n) is 9.89. The van der Waals surface area contributed by atoms with Crippen LogP contribution in [0.5, 0.6) is 0 Å². The summed E-state index contributed by atoms with van der Waals surface area (Å²) < 4.78 is 9.74. The van der Waals surface area contributed by atoms with Crippen LogP contribution in [-0.2, 0) is 0 Å². The van der Waals surface area contributed by atoms with Gasteiger partial charge in [-0.1, -0.05) is 121 Å². The van der Waals surface area contributed by atoms with Crippen LogP contribution in [0.1, 0.15) is 0 Å². The van der Waals surface area contributed by atoms with Crippen LogP contribution in [0.15, 0.2) is 206 Å². The highest BCUT2D eigenvalue weighted by molar-refractivity contribution is 6.20. The van der Waals surface area contributed by atoms with Crippen molar-refractivity contribution in [3.05, 3.63) is 206 Å². The van der Waals surface area contributed by atoms with Crippen molar-refractivity contribution in [2.24, 2.45) is 0 Å². The Balaban J connectivity index is 1.09. The Morgan fingerprint density at radius 3 is 0.828 bits per heavy atom. The predicted octanol–water partition coefficient (Wildman–Crippen LogP) is 14.1. The van der Waals surface area contributed by atoms with E-state index in [0.29, 0.717) is 0 Å². The van der Waals surface area contributed by atoms with E-state index >= 15 is 0 Å². The predicted molar refractivity (Wildman–Crippen MR) is 244 cm³/mol. The molecule has 0 radical (unpaired) electrons. The average Bonchev–Trinajstić information content (AvgIpc) is 4.00. The molecule has 4 heterocycles. The molecule has 0 unspecified atom stereocenters. The summed E-state index contributed by atoms with van der Waals surface area (Å²) in [4.78, 5) is 0. The number of para-hydroxylation sites is 6. The van der Waals surface area contributed by atoms with Crippen LogP contribution in [0.25, 0.3) is 110 Å². The summed E-state index contributed by atoms with van der Waals surface area (Å²) in [5, 5.41) is 9.94. The third kappa shape index (κ3) is 4.29. The maximum absolute atomic E-state index is 2.47. The largest absolute Gasteiger partial charge is 0.309 e. The highest BCUT2D eigenvalue weighted by atomic mass is 15.0. The van der Waals surface area contributed by atoms with E-state index in [2.05, 4.69) is 225 Å². The summed E-state index contributed by atoms with van der Waals surface area (Å²) in [6.07, 6.45) is 0. The molecule has 0 aliphatic carbocycles. The van der Waals surface area contributed by atoms with Crippen molar-refractivity contribution in [2.75, 3.05) is 0 Å². The van der Waals surface area contributed by atoms with E-state index in [1.54, 1.807) is 0 Å². The second kappa shape index (κ2) is 11.8.